The molecule has 102 valence electrons. The lowest BCUT2D eigenvalue weighted by Crippen LogP contribution is -2.39. The van der Waals surface area contributed by atoms with Crippen LogP contribution in [0, 0.1) is 5.92 Å². The zero-order valence-corrected chi connectivity index (χ0v) is 11.1. The van der Waals surface area contributed by atoms with Gasteiger partial charge >= 0.3 is 0 Å². The van der Waals surface area contributed by atoms with Crippen molar-refractivity contribution in [1.29, 1.82) is 0 Å². The van der Waals surface area contributed by atoms with E-state index in [0.717, 1.165) is 31.7 Å². The summed E-state index contributed by atoms with van der Waals surface area (Å²) in [6.07, 6.45) is 7.15. The number of nitrogens with two attached hydrogens (primary N) is 1. The fourth-order valence-corrected chi connectivity index (χ4v) is 2.85. The predicted molar refractivity (Wildman–Crippen MR) is 72.8 cm³/mol. The highest BCUT2D eigenvalue weighted by Crippen LogP contribution is 2.36. The summed E-state index contributed by atoms with van der Waals surface area (Å²) in [5.41, 5.74) is 6.53. The first-order valence-electron chi connectivity index (χ1n) is 7.10. The third-order valence-corrected chi connectivity index (χ3v) is 4.42. The number of primary amides is 1. The Bertz CT molecular complexity index is 464. The first kappa shape index (κ1) is 12.4. The average Bonchev–Trinajstić information content (AvgIpc) is 2.37. The minimum absolute atomic E-state index is 0.0317. The summed E-state index contributed by atoms with van der Waals surface area (Å²) in [4.78, 5) is 22.2. The molecule has 5 heteroatoms. The molecule has 1 saturated carbocycles. The van der Waals surface area contributed by atoms with Crippen LogP contribution in [0.5, 0.6) is 0 Å². The number of anilines is 1. The molecular weight excluding hydrogens is 240 g/mol. The molecular formula is C14H20N4O. The molecule has 1 amide bonds. The molecule has 19 heavy (non-hydrogen) atoms. The summed E-state index contributed by atoms with van der Waals surface area (Å²) in [5, 5.41) is 0. The molecule has 1 saturated heterocycles. The first-order chi connectivity index (χ1) is 9.24. The van der Waals surface area contributed by atoms with Crippen LogP contribution in [0.15, 0.2) is 12.4 Å². The number of hydrogen-bond donors (Lipinski definition) is 1. The molecule has 0 bridgehead atoms. The van der Waals surface area contributed by atoms with E-state index in [2.05, 4.69) is 20.9 Å². The molecule has 1 aromatic heterocycles. The van der Waals surface area contributed by atoms with Crippen molar-refractivity contribution in [3.8, 4) is 0 Å². The van der Waals surface area contributed by atoms with Crippen molar-refractivity contribution >= 4 is 11.7 Å². The molecule has 2 fully saturated rings. The lowest BCUT2D eigenvalue weighted by Gasteiger charge is -2.32. The SMILES string of the molecule is NC(=O)C1CCN(c2cc(C3CCC3)ncn2)CC1. The summed E-state index contributed by atoms with van der Waals surface area (Å²) in [6, 6.07) is 2.12. The molecule has 0 unspecified atom stereocenters. The van der Waals surface area contributed by atoms with Gasteiger partial charge in [-0.25, -0.2) is 9.97 Å². The Kier molecular flexibility index (Phi) is 3.36. The van der Waals surface area contributed by atoms with Gasteiger partial charge in [0, 0.05) is 36.7 Å². The number of carbonyl (C=O) groups is 1. The van der Waals surface area contributed by atoms with Crippen molar-refractivity contribution in [3.05, 3.63) is 18.1 Å². The zero-order valence-electron chi connectivity index (χ0n) is 11.1. The second-order valence-electron chi connectivity index (χ2n) is 5.59. The van der Waals surface area contributed by atoms with E-state index in [1.165, 1.54) is 25.0 Å². The molecule has 2 heterocycles. The molecule has 2 N–H and O–H groups in total. The highest BCUT2D eigenvalue weighted by atomic mass is 16.1. The van der Waals surface area contributed by atoms with Crippen molar-refractivity contribution in [2.75, 3.05) is 18.0 Å². The Morgan fingerprint density at radius 2 is 1.95 bits per heavy atom. The second kappa shape index (κ2) is 5.15. The van der Waals surface area contributed by atoms with Gasteiger partial charge in [0.25, 0.3) is 0 Å². The van der Waals surface area contributed by atoms with Crippen LogP contribution in [0.1, 0.15) is 43.7 Å². The van der Waals surface area contributed by atoms with Crippen molar-refractivity contribution in [3.63, 3.8) is 0 Å². The topological polar surface area (TPSA) is 72.1 Å². The van der Waals surface area contributed by atoms with Crippen LogP contribution in [0.25, 0.3) is 0 Å². The number of carbonyl (C=O) groups excluding carboxylic acids is 1. The largest absolute Gasteiger partial charge is 0.369 e. The van der Waals surface area contributed by atoms with Gasteiger partial charge in [0.2, 0.25) is 5.91 Å². The number of aromatic nitrogens is 2. The molecule has 0 atom stereocenters. The highest BCUT2D eigenvalue weighted by molar-refractivity contribution is 5.76. The van der Waals surface area contributed by atoms with Crippen molar-refractivity contribution in [1.82, 2.24) is 9.97 Å². The maximum atomic E-state index is 11.2. The van der Waals surface area contributed by atoms with E-state index in [-0.39, 0.29) is 11.8 Å². The lowest BCUT2D eigenvalue weighted by atomic mass is 9.83. The number of hydrogen-bond acceptors (Lipinski definition) is 4. The first-order valence-corrected chi connectivity index (χ1v) is 7.10. The Morgan fingerprint density at radius 1 is 1.21 bits per heavy atom. The minimum Gasteiger partial charge on any atom is -0.369 e. The number of nitrogens with zero attached hydrogens (tertiary/aromatic N) is 3. The fourth-order valence-electron chi connectivity index (χ4n) is 2.85. The number of piperidine rings is 1. The van der Waals surface area contributed by atoms with Gasteiger partial charge in [0.05, 0.1) is 0 Å². The van der Waals surface area contributed by atoms with Gasteiger partial charge in [0.15, 0.2) is 0 Å². The summed E-state index contributed by atoms with van der Waals surface area (Å²) in [7, 11) is 0. The Morgan fingerprint density at radius 3 is 2.53 bits per heavy atom. The van der Waals surface area contributed by atoms with Gasteiger partial charge in [-0.3, -0.25) is 4.79 Å². The van der Waals surface area contributed by atoms with Crippen molar-refractivity contribution in [2.45, 2.75) is 38.0 Å². The van der Waals surface area contributed by atoms with Crippen LogP contribution in [-0.4, -0.2) is 29.0 Å². The zero-order chi connectivity index (χ0) is 13.2. The molecule has 0 spiro atoms. The van der Waals surface area contributed by atoms with Gasteiger partial charge < -0.3 is 10.6 Å². The average molecular weight is 260 g/mol. The molecule has 0 aromatic carbocycles. The molecule has 0 radical (unpaired) electrons. The van der Waals surface area contributed by atoms with Crippen LogP contribution in [-0.2, 0) is 4.79 Å². The molecule has 5 nitrogen and oxygen atoms in total. The second-order valence-corrected chi connectivity index (χ2v) is 5.59. The maximum Gasteiger partial charge on any atom is 0.220 e. The van der Waals surface area contributed by atoms with E-state index in [1.54, 1.807) is 6.33 Å². The van der Waals surface area contributed by atoms with E-state index in [1.807, 2.05) is 0 Å². The summed E-state index contributed by atoms with van der Waals surface area (Å²) >= 11 is 0. The third kappa shape index (κ3) is 2.55. The standard InChI is InChI=1S/C14H20N4O/c15-14(19)11-4-6-18(7-5-11)13-8-12(16-9-17-13)10-2-1-3-10/h8-11H,1-7H2,(H2,15,19). The molecule has 1 aliphatic heterocycles. The smallest absolute Gasteiger partial charge is 0.220 e. The minimum atomic E-state index is -0.169. The van der Waals surface area contributed by atoms with Crippen molar-refractivity contribution in [2.24, 2.45) is 11.7 Å². The Balaban J connectivity index is 1.67. The monoisotopic (exact) mass is 260 g/mol. The molecule has 1 aromatic rings. The van der Waals surface area contributed by atoms with E-state index >= 15 is 0 Å². The molecule has 3 rings (SSSR count). The maximum absolute atomic E-state index is 11.2. The Hall–Kier alpha value is -1.65. The van der Waals surface area contributed by atoms with Crippen LogP contribution >= 0.6 is 0 Å². The van der Waals surface area contributed by atoms with Gasteiger partial charge in [0.1, 0.15) is 12.1 Å². The van der Waals surface area contributed by atoms with Crippen LogP contribution in [0.3, 0.4) is 0 Å². The van der Waals surface area contributed by atoms with Crippen LogP contribution < -0.4 is 10.6 Å². The Labute approximate surface area is 113 Å². The molecule has 1 aliphatic carbocycles. The summed E-state index contributed by atoms with van der Waals surface area (Å²) in [6.45, 7) is 1.71. The molecule has 2 aliphatic rings. The third-order valence-electron chi connectivity index (χ3n) is 4.42. The van der Waals surface area contributed by atoms with E-state index < -0.39 is 0 Å². The van der Waals surface area contributed by atoms with Gasteiger partial charge in [-0.15, -0.1) is 0 Å². The van der Waals surface area contributed by atoms with Gasteiger partial charge in [-0.1, -0.05) is 6.42 Å². The van der Waals surface area contributed by atoms with Crippen LogP contribution in [0.4, 0.5) is 5.82 Å². The van der Waals surface area contributed by atoms with Gasteiger partial charge in [-0.05, 0) is 25.7 Å². The van der Waals surface area contributed by atoms with Crippen LogP contribution in [0.2, 0.25) is 0 Å². The normalized spacial score (nSPS) is 21.2. The van der Waals surface area contributed by atoms with E-state index in [0.29, 0.717) is 5.92 Å². The lowest BCUT2D eigenvalue weighted by molar-refractivity contribution is -0.122. The number of amides is 1. The van der Waals surface area contributed by atoms with E-state index in [9.17, 15) is 4.79 Å². The summed E-state index contributed by atoms with van der Waals surface area (Å²) in [5.74, 6) is 1.49. The van der Waals surface area contributed by atoms with Gasteiger partial charge in [-0.2, -0.15) is 0 Å². The number of rotatable bonds is 3. The van der Waals surface area contributed by atoms with Crippen molar-refractivity contribution < 1.29 is 4.79 Å². The quantitative estimate of drug-likeness (QED) is 0.892. The predicted octanol–water partition coefficient (Wildman–Crippen LogP) is 1.45. The fraction of sp³-hybridized carbons (Fsp3) is 0.643. The highest BCUT2D eigenvalue weighted by Gasteiger charge is 2.25. The summed E-state index contributed by atoms with van der Waals surface area (Å²) < 4.78 is 0. The van der Waals surface area contributed by atoms with E-state index in [4.69, 9.17) is 5.73 Å².